The SMILES string of the molecule is COC(=O)c1cc2c(=O)[nH]c(-c3cccc(COC(C)=O)c3)nn2c1. The molecular formula is C17H15N3O5. The molecule has 1 aromatic carbocycles. The first-order chi connectivity index (χ1) is 12.0. The van der Waals surface area contributed by atoms with Crippen LogP contribution in [0.15, 0.2) is 41.3 Å². The number of methoxy groups -OCH3 is 1. The van der Waals surface area contributed by atoms with Crippen LogP contribution in [0.3, 0.4) is 0 Å². The molecule has 2 heterocycles. The fourth-order valence-electron chi connectivity index (χ4n) is 2.36. The van der Waals surface area contributed by atoms with E-state index in [0.29, 0.717) is 11.4 Å². The number of H-pyrrole nitrogens is 1. The maximum Gasteiger partial charge on any atom is 0.339 e. The molecular weight excluding hydrogens is 326 g/mol. The number of hydrogen-bond acceptors (Lipinski definition) is 6. The maximum atomic E-state index is 12.3. The van der Waals surface area contributed by atoms with Crippen LogP contribution in [0, 0.1) is 0 Å². The van der Waals surface area contributed by atoms with Crippen molar-refractivity contribution in [2.45, 2.75) is 13.5 Å². The summed E-state index contributed by atoms with van der Waals surface area (Å²) in [6.07, 6.45) is 1.43. The van der Waals surface area contributed by atoms with Crippen LogP contribution >= 0.6 is 0 Å². The topological polar surface area (TPSA) is 103 Å². The monoisotopic (exact) mass is 341 g/mol. The molecule has 0 aliphatic carbocycles. The molecule has 128 valence electrons. The Morgan fingerprint density at radius 2 is 2.08 bits per heavy atom. The first-order valence-electron chi connectivity index (χ1n) is 7.41. The molecule has 0 unspecified atom stereocenters. The van der Waals surface area contributed by atoms with Crippen molar-refractivity contribution in [3.05, 3.63) is 58.0 Å². The summed E-state index contributed by atoms with van der Waals surface area (Å²) in [6, 6.07) is 8.52. The third-order valence-corrected chi connectivity index (χ3v) is 3.54. The van der Waals surface area contributed by atoms with Crippen LogP contribution in [-0.4, -0.2) is 33.6 Å². The van der Waals surface area contributed by atoms with E-state index in [1.54, 1.807) is 24.3 Å². The average molecular weight is 341 g/mol. The second kappa shape index (κ2) is 6.60. The standard InChI is InChI=1S/C17H15N3O5/c1-10(21)25-9-11-4-3-5-12(6-11)15-18-16(22)14-7-13(17(23)24-2)8-20(14)19-15/h3-8H,9H2,1-2H3,(H,18,19,22). The highest BCUT2D eigenvalue weighted by Crippen LogP contribution is 2.17. The van der Waals surface area contributed by atoms with Crippen LogP contribution in [0.4, 0.5) is 0 Å². The molecule has 0 radical (unpaired) electrons. The van der Waals surface area contributed by atoms with Crippen LogP contribution in [0.25, 0.3) is 16.9 Å². The van der Waals surface area contributed by atoms with Crippen LogP contribution < -0.4 is 5.56 Å². The van der Waals surface area contributed by atoms with Crippen molar-refractivity contribution < 1.29 is 19.1 Å². The van der Waals surface area contributed by atoms with Crippen molar-refractivity contribution in [3.8, 4) is 11.4 Å². The Morgan fingerprint density at radius 3 is 2.80 bits per heavy atom. The number of rotatable bonds is 4. The van der Waals surface area contributed by atoms with E-state index in [1.807, 2.05) is 0 Å². The van der Waals surface area contributed by atoms with Gasteiger partial charge in [0.1, 0.15) is 12.1 Å². The normalized spacial score (nSPS) is 10.6. The van der Waals surface area contributed by atoms with Gasteiger partial charge >= 0.3 is 11.9 Å². The number of nitrogens with one attached hydrogen (secondary N) is 1. The Kier molecular flexibility index (Phi) is 4.34. The molecule has 0 saturated heterocycles. The summed E-state index contributed by atoms with van der Waals surface area (Å²) in [5, 5.41) is 4.33. The van der Waals surface area contributed by atoms with Crippen molar-refractivity contribution >= 4 is 17.5 Å². The fraction of sp³-hybridized carbons (Fsp3) is 0.176. The number of aromatic amines is 1. The first kappa shape index (κ1) is 16.4. The van der Waals surface area contributed by atoms with Gasteiger partial charge in [0, 0.05) is 18.7 Å². The highest BCUT2D eigenvalue weighted by molar-refractivity contribution is 5.90. The quantitative estimate of drug-likeness (QED) is 0.722. The zero-order valence-corrected chi connectivity index (χ0v) is 13.6. The predicted octanol–water partition coefficient (Wildman–Crippen LogP) is 1.54. The van der Waals surface area contributed by atoms with Gasteiger partial charge in [-0.2, -0.15) is 0 Å². The molecule has 0 aliphatic rings. The zero-order chi connectivity index (χ0) is 18.0. The first-order valence-corrected chi connectivity index (χ1v) is 7.41. The van der Waals surface area contributed by atoms with E-state index in [9.17, 15) is 14.4 Å². The molecule has 0 amide bonds. The third-order valence-electron chi connectivity index (χ3n) is 3.54. The van der Waals surface area contributed by atoms with Gasteiger partial charge in [0.25, 0.3) is 5.56 Å². The number of benzene rings is 1. The Hall–Kier alpha value is -3.42. The number of esters is 2. The highest BCUT2D eigenvalue weighted by atomic mass is 16.5. The van der Waals surface area contributed by atoms with Gasteiger partial charge in [-0.05, 0) is 17.7 Å². The van der Waals surface area contributed by atoms with Gasteiger partial charge in [-0.3, -0.25) is 9.59 Å². The molecule has 25 heavy (non-hydrogen) atoms. The van der Waals surface area contributed by atoms with E-state index in [4.69, 9.17) is 4.74 Å². The number of fused-ring (bicyclic) bond motifs is 1. The van der Waals surface area contributed by atoms with E-state index < -0.39 is 5.97 Å². The Labute approximate surface area is 142 Å². The number of aromatic nitrogens is 3. The summed E-state index contributed by atoms with van der Waals surface area (Å²) in [6.45, 7) is 1.47. The average Bonchev–Trinajstić information content (AvgIpc) is 3.04. The van der Waals surface area contributed by atoms with Crippen LogP contribution in [-0.2, 0) is 20.9 Å². The second-order valence-corrected chi connectivity index (χ2v) is 5.33. The number of carbonyl (C=O) groups is 2. The van der Waals surface area contributed by atoms with Gasteiger partial charge in [-0.25, -0.2) is 9.31 Å². The van der Waals surface area contributed by atoms with Gasteiger partial charge < -0.3 is 14.5 Å². The lowest BCUT2D eigenvalue weighted by Crippen LogP contribution is -2.13. The fourth-order valence-corrected chi connectivity index (χ4v) is 2.36. The molecule has 0 saturated carbocycles. The largest absolute Gasteiger partial charge is 0.465 e. The van der Waals surface area contributed by atoms with Crippen molar-refractivity contribution in [1.29, 1.82) is 0 Å². The van der Waals surface area contributed by atoms with E-state index in [2.05, 4.69) is 14.8 Å². The maximum absolute atomic E-state index is 12.3. The molecule has 0 spiro atoms. The van der Waals surface area contributed by atoms with Crippen molar-refractivity contribution in [2.75, 3.05) is 7.11 Å². The van der Waals surface area contributed by atoms with E-state index in [0.717, 1.165) is 5.56 Å². The lowest BCUT2D eigenvalue weighted by Gasteiger charge is -2.06. The zero-order valence-electron chi connectivity index (χ0n) is 13.6. The van der Waals surface area contributed by atoms with Crippen molar-refractivity contribution in [1.82, 2.24) is 14.6 Å². The Balaban J connectivity index is 2.01. The lowest BCUT2D eigenvalue weighted by atomic mass is 10.1. The Morgan fingerprint density at radius 1 is 1.28 bits per heavy atom. The summed E-state index contributed by atoms with van der Waals surface area (Å²) in [4.78, 5) is 37.5. The molecule has 0 bridgehead atoms. The van der Waals surface area contributed by atoms with Crippen molar-refractivity contribution in [3.63, 3.8) is 0 Å². The van der Waals surface area contributed by atoms with E-state index in [1.165, 1.54) is 30.8 Å². The van der Waals surface area contributed by atoms with E-state index in [-0.39, 0.29) is 29.2 Å². The van der Waals surface area contributed by atoms with Gasteiger partial charge in [0.15, 0.2) is 5.82 Å². The minimum atomic E-state index is -0.546. The third kappa shape index (κ3) is 3.42. The smallest absolute Gasteiger partial charge is 0.339 e. The molecule has 0 aliphatic heterocycles. The molecule has 0 atom stereocenters. The molecule has 1 N–H and O–H groups in total. The number of ether oxygens (including phenoxy) is 2. The van der Waals surface area contributed by atoms with Crippen LogP contribution in [0.5, 0.6) is 0 Å². The summed E-state index contributed by atoms with van der Waals surface area (Å²) in [5.74, 6) is -0.593. The second-order valence-electron chi connectivity index (χ2n) is 5.33. The summed E-state index contributed by atoms with van der Waals surface area (Å²) in [5.41, 5.74) is 1.50. The number of hydrogen-bond donors (Lipinski definition) is 1. The summed E-state index contributed by atoms with van der Waals surface area (Å²) < 4.78 is 10.9. The molecule has 3 aromatic rings. The molecule has 2 aromatic heterocycles. The predicted molar refractivity (Wildman–Crippen MR) is 88.1 cm³/mol. The van der Waals surface area contributed by atoms with Crippen LogP contribution in [0.1, 0.15) is 22.8 Å². The molecule has 8 heteroatoms. The molecule has 8 nitrogen and oxygen atoms in total. The van der Waals surface area contributed by atoms with Gasteiger partial charge in [-0.15, -0.1) is 5.10 Å². The van der Waals surface area contributed by atoms with Gasteiger partial charge in [0.2, 0.25) is 0 Å². The number of carbonyl (C=O) groups excluding carboxylic acids is 2. The van der Waals surface area contributed by atoms with Gasteiger partial charge in [-0.1, -0.05) is 18.2 Å². The summed E-state index contributed by atoms with van der Waals surface area (Å²) >= 11 is 0. The van der Waals surface area contributed by atoms with Gasteiger partial charge in [0.05, 0.1) is 12.7 Å². The van der Waals surface area contributed by atoms with Crippen molar-refractivity contribution in [2.24, 2.45) is 0 Å². The number of nitrogens with zero attached hydrogens (tertiary/aromatic N) is 2. The molecule has 3 rings (SSSR count). The Bertz CT molecular complexity index is 1020. The summed E-state index contributed by atoms with van der Waals surface area (Å²) in [7, 11) is 1.27. The highest BCUT2D eigenvalue weighted by Gasteiger charge is 2.13. The minimum absolute atomic E-state index is 0.131. The van der Waals surface area contributed by atoms with E-state index >= 15 is 0 Å². The lowest BCUT2D eigenvalue weighted by molar-refractivity contribution is -0.142. The molecule has 0 fully saturated rings. The van der Waals surface area contributed by atoms with Crippen LogP contribution in [0.2, 0.25) is 0 Å². The minimum Gasteiger partial charge on any atom is -0.465 e.